The first-order chi connectivity index (χ1) is 11.7. The number of hydrogen-bond acceptors (Lipinski definition) is 5. The highest BCUT2D eigenvalue weighted by Crippen LogP contribution is 2.35. The van der Waals surface area contributed by atoms with Crippen molar-refractivity contribution in [3.05, 3.63) is 46.8 Å². The second kappa shape index (κ2) is 6.49. The highest BCUT2D eigenvalue weighted by molar-refractivity contribution is 9.10. The first-order valence-electron chi connectivity index (χ1n) is 7.97. The third-order valence-electron chi connectivity index (χ3n) is 4.45. The summed E-state index contributed by atoms with van der Waals surface area (Å²) in [6, 6.07) is 10.4. The Balaban J connectivity index is 1.55. The standard InChI is InChI=1S/C17H18BrN5O/c1-23-17-13(15(18)22-23)16(20-10-21-17)19-9-12-7-8-24-14(12)11-5-3-2-4-6-11/h2-6,10,12,14H,7-9H2,1H3,(H,19,20,21)/t12-,14-/m1/s1. The van der Waals surface area contributed by atoms with Gasteiger partial charge in [0, 0.05) is 26.1 Å². The predicted molar refractivity (Wildman–Crippen MR) is 95.7 cm³/mol. The van der Waals surface area contributed by atoms with Crippen LogP contribution in [-0.4, -0.2) is 32.9 Å². The molecule has 0 saturated carbocycles. The number of aryl methyl sites for hydroxylation is 1. The number of halogens is 1. The Kier molecular flexibility index (Phi) is 4.20. The molecule has 3 heterocycles. The minimum absolute atomic E-state index is 0.133. The van der Waals surface area contributed by atoms with E-state index >= 15 is 0 Å². The zero-order valence-corrected chi connectivity index (χ0v) is 14.9. The molecular weight excluding hydrogens is 370 g/mol. The van der Waals surface area contributed by atoms with Gasteiger partial charge in [0.25, 0.3) is 0 Å². The summed E-state index contributed by atoms with van der Waals surface area (Å²) in [4.78, 5) is 8.69. The van der Waals surface area contributed by atoms with Gasteiger partial charge in [-0.05, 0) is 27.9 Å². The van der Waals surface area contributed by atoms with Crippen LogP contribution in [0.15, 0.2) is 41.3 Å². The van der Waals surface area contributed by atoms with Crippen LogP contribution in [0.25, 0.3) is 11.0 Å². The van der Waals surface area contributed by atoms with Gasteiger partial charge in [0.1, 0.15) is 16.7 Å². The van der Waals surface area contributed by atoms with E-state index in [2.05, 4.69) is 60.6 Å². The van der Waals surface area contributed by atoms with Crippen molar-refractivity contribution in [2.45, 2.75) is 12.5 Å². The SMILES string of the molecule is Cn1nc(Br)c2c(NC[C@H]3CCO[C@@H]3c3ccccc3)ncnc21. The Labute approximate surface area is 148 Å². The van der Waals surface area contributed by atoms with Crippen LogP contribution in [0.1, 0.15) is 18.1 Å². The monoisotopic (exact) mass is 387 g/mol. The Hall–Kier alpha value is -1.99. The topological polar surface area (TPSA) is 64.9 Å². The van der Waals surface area contributed by atoms with Crippen LogP contribution in [0.3, 0.4) is 0 Å². The molecule has 1 saturated heterocycles. The van der Waals surface area contributed by atoms with E-state index in [1.54, 1.807) is 11.0 Å². The van der Waals surface area contributed by atoms with Gasteiger partial charge in [0.05, 0.1) is 11.5 Å². The lowest BCUT2D eigenvalue weighted by atomic mass is 9.95. The molecule has 2 atom stereocenters. The minimum atomic E-state index is 0.133. The van der Waals surface area contributed by atoms with Gasteiger partial charge in [-0.25, -0.2) is 14.6 Å². The zero-order chi connectivity index (χ0) is 16.5. The molecule has 24 heavy (non-hydrogen) atoms. The van der Waals surface area contributed by atoms with E-state index in [1.165, 1.54) is 5.56 Å². The highest BCUT2D eigenvalue weighted by Gasteiger charge is 2.29. The fraction of sp³-hybridized carbons (Fsp3) is 0.353. The van der Waals surface area contributed by atoms with Crippen molar-refractivity contribution in [2.75, 3.05) is 18.5 Å². The number of benzene rings is 1. The molecule has 4 rings (SSSR count). The summed E-state index contributed by atoms with van der Waals surface area (Å²) in [6.07, 6.45) is 2.74. The van der Waals surface area contributed by atoms with E-state index in [9.17, 15) is 0 Å². The van der Waals surface area contributed by atoms with Crippen molar-refractivity contribution in [1.82, 2.24) is 19.7 Å². The summed E-state index contributed by atoms with van der Waals surface area (Å²) in [5, 5.41) is 8.74. The van der Waals surface area contributed by atoms with E-state index in [0.717, 1.165) is 41.0 Å². The van der Waals surface area contributed by atoms with E-state index in [-0.39, 0.29) is 6.10 Å². The fourth-order valence-electron chi connectivity index (χ4n) is 3.26. The van der Waals surface area contributed by atoms with Gasteiger partial charge in [-0.2, -0.15) is 5.10 Å². The second-order valence-electron chi connectivity index (χ2n) is 5.97. The molecule has 2 aromatic heterocycles. The molecule has 1 N–H and O–H groups in total. The van der Waals surface area contributed by atoms with Gasteiger partial charge in [0.2, 0.25) is 0 Å². The van der Waals surface area contributed by atoms with E-state index in [0.29, 0.717) is 5.92 Å². The maximum Gasteiger partial charge on any atom is 0.164 e. The van der Waals surface area contributed by atoms with Crippen LogP contribution in [0.2, 0.25) is 0 Å². The Bertz CT molecular complexity index is 851. The summed E-state index contributed by atoms with van der Waals surface area (Å²) in [5.41, 5.74) is 2.04. The van der Waals surface area contributed by atoms with Crippen molar-refractivity contribution < 1.29 is 4.74 Å². The number of aromatic nitrogens is 4. The van der Waals surface area contributed by atoms with Gasteiger partial charge in [-0.15, -0.1) is 0 Å². The lowest BCUT2D eigenvalue weighted by molar-refractivity contribution is 0.0933. The largest absolute Gasteiger partial charge is 0.373 e. The van der Waals surface area contributed by atoms with Crippen LogP contribution >= 0.6 is 15.9 Å². The van der Waals surface area contributed by atoms with Crippen LogP contribution in [0.5, 0.6) is 0 Å². The van der Waals surface area contributed by atoms with Crippen LogP contribution < -0.4 is 5.32 Å². The van der Waals surface area contributed by atoms with Crippen molar-refractivity contribution in [3.63, 3.8) is 0 Å². The van der Waals surface area contributed by atoms with E-state index in [1.807, 2.05) is 13.1 Å². The molecule has 1 aliphatic rings. The molecule has 0 unspecified atom stereocenters. The number of fused-ring (bicyclic) bond motifs is 1. The number of nitrogens with zero attached hydrogens (tertiary/aromatic N) is 4. The quantitative estimate of drug-likeness (QED) is 0.743. The van der Waals surface area contributed by atoms with Crippen molar-refractivity contribution in [1.29, 1.82) is 0 Å². The average molecular weight is 388 g/mol. The lowest BCUT2D eigenvalue weighted by Gasteiger charge is -2.19. The Morgan fingerprint density at radius 3 is 2.96 bits per heavy atom. The molecule has 1 fully saturated rings. The highest BCUT2D eigenvalue weighted by atomic mass is 79.9. The van der Waals surface area contributed by atoms with Crippen LogP contribution in [0, 0.1) is 5.92 Å². The molecule has 0 amide bonds. The second-order valence-corrected chi connectivity index (χ2v) is 6.72. The molecule has 6 nitrogen and oxygen atoms in total. The minimum Gasteiger partial charge on any atom is -0.373 e. The summed E-state index contributed by atoms with van der Waals surface area (Å²) >= 11 is 3.49. The van der Waals surface area contributed by atoms with Gasteiger partial charge in [-0.1, -0.05) is 30.3 Å². The normalized spacial score (nSPS) is 20.6. The maximum atomic E-state index is 5.96. The molecule has 0 bridgehead atoms. The molecule has 0 radical (unpaired) electrons. The molecule has 7 heteroatoms. The number of nitrogens with one attached hydrogen (secondary N) is 1. The Morgan fingerprint density at radius 2 is 2.12 bits per heavy atom. The predicted octanol–water partition coefficient (Wildman–Crippen LogP) is 3.32. The molecule has 0 spiro atoms. The zero-order valence-electron chi connectivity index (χ0n) is 13.3. The Morgan fingerprint density at radius 1 is 1.29 bits per heavy atom. The van der Waals surface area contributed by atoms with Crippen molar-refractivity contribution >= 4 is 32.8 Å². The average Bonchev–Trinajstić information content (AvgIpc) is 3.19. The third-order valence-corrected chi connectivity index (χ3v) is 5.01. The van der Waals surface area contributed by atoms with E-state index < -0.39 is 0 Å². The summed E-state index contributed by atoms with van der Waals surface area (Å²) < 4.78 is 8.46. The maximum absolute atomic E-state index is 5.96. The summed E-state index contributed by atoms with van der Waals surface area (Å²) in [7, 11) is 1.88. The van der Waals surface area contributed by atoms with Gasteiger partial charge in [0.15, 0.2) is 5.65 Å². The van der Waals surface area contributed by atoms with Crippen molar-refractivity contribution in [2.24, 2.45) is 13.0 Å². The summed E-state index contributed by atoms with van der Waals surface area (Å²) in [5.74, 6) is 1.21. The van der Waals surface area contributed by atoms with Gasteiger partial charge < -0.3 is 10.1 Å². The number of rotatable bonds is 4. The van der Waals surface area contributed by atoms with Crippen LogP contribution in [0.4, 0.5) is 5.82 Å². The van der Waals surface area contributed by atoms with Gasteiger partial charge >= 0.3 is 0 Å². The molecule has 1 aromatic carbocycles. The molecule has 1 aliphatic heterocycles. The molecule has 124 valence electrons. The molecular formula is C17H18BrN5O. The first kappa shape index (κ1) is 15.5. The van der Waals surface area contributed by atoms with Crippen molar-refractivity contribution in [3.8, 4) is 0 Å². The van der Waals surface area contributed by atoms with Crippen LogP contribution in [-0.2, 0) is 11.8 Å². The summed E-state index contributed by atoms with van der Waals surface area (Å²) in [6.45, 7) is 1.59. The molecule has 3 aromatic rings. The lowest BCUT2D eigenvalue weighted by Crippen LogP contribution is -2.18. The smallest absolute Gasteiger partial charge is 0.164 e. The fourth-order valence-corrected chi connectivity index (χ4v) is 3.86. The number of hydrogen-bond donors (Lipinski definition) is 1. The van der Waals surface area contributed by atoms with Gasteiger partial charge in [-0.3, -0.25) is 0 Å². The number of ether oxygens (including phenoxy) is 1. The van der Waals surface area contributed by atoms with E-state index in [4.69, 9.17) is 4.74 Å². The molecule has 0 aliphatic carbocycles. The third kappa shape index (κ3) is 2.78. The first-order valence-corrected chi connectivity index (χ1v) is 8.77. The number of anilines is 1.